The Morgan fingerprint density at radius 2 is 2.10 bits per heavy atom. The molecule has 1 aliphatic carbocycles. The Balaban J connectivity index is 0.000000370. The highest BCUT2D eigenvalue weighted by molar-refractivity contribution is 5.92. The molecule has 3 rings (SSSR count). The number of halogens is 3. The average Bonchev–Trinajstić information content (AvgIpc) is 3.02. The smallest absolute Gasteiger partial charge is 0.475 e. The third kappa shape index (κ3) is 5.89. The maximum Gasteiger partial charge on any atom is 0.490 e. The van der Waals surface area contributed by atoms with Crippen molar-refractivity contribution in [2.45, 2.75) is 38.0 Å². The second-order valence-electron chi connectivity index (χ2n) is 7.15. The quantitative estimate of drug-likeness (QED) is 0.812. The summed E-state index contributed by atoms with van der Waals surface area (Å²) in [6.45, 7) is 4.48. The molecule has 0 unspecified atom stereocenters. The summed E-state index contributed by atoms with van der Waals surface area (Å²) in [6.07, 6.45) is -1.83. The minimum Gasteiger partial charge on any atom is -0.475 e. The fraction of sp³-hybridized carbons (Fsp3) is 0.632. The first-order valence-electron chi connectivity index (χ1n) is 9.25. The van der Waals surface area contributed by atoms with Crippen LogP contribution in [0, 0.1) is 12.8 Å². The van der Waals surface area contributed by atoms with Crippen LogP contribution in [0.3, 0.4) is 0 Å². The number of ether oxygens (including phenoxy) is 2. The molecule has 162 valence electrons. The number of pyridine rings is 1. The molecule has 1 aliphatic heterocycles. The molecule has 1 saturated heterocycles. The maximum absolute atomic E-state index is 12.7. The minimum atomic E-state index is -5.08. The van der Waals surface area contributed by atoms with Crippen molar-refractivity contribution in [3.8, 4) is 0 Å². The van der Waals surface area contributed by atoms with Crippen LogP contribution in [-0.2, 0) is 14.3 Å². The summed E-state index contributed by atoms with van der Waals surface area (Å²) in [6, 6.07) is 5.58. The summed E-state index contributed by atoms with van der Waals surface area (Å²) in [4.78, 5) is 27.9. The zero-order chi connectivity index (χ0) is 21.7. The van der Waals surface area contributed by atoms with Gasteiger partial charge in [-0.05, 0) is 31.9 Å². The number of methoxy groups -OCH3 is 1. The summed E-state index contributed by atoms with van der Waals surface area (Å²) >= 11 is 0. The van der Waals surface area contributed by atoms with Crippen molar-refractivity contribution in [1.29, 1.82) is 0 Å². The van der Waals surface area contributed by atoms with E-state index >= 15 is 0 Å². The first-order valence-corrected chi connectivity index (χ1v) is 9.25. The third-order valence-corrected chi connectivity index (χ3v) is 5.11. The normalized spacial score (nSPS) is 24.2. The highest BCUT2D eigenvalue weighted by atomic mass is 19.4. The van der Waals surface area contributed by atoms with Crippen molar-refractivity contribution in [2.24, 2.45) is 5.92 Å². The molecule has 1 spiro atoms. The van der Waals surface area contributed by atoms with Crippen LogP contribution in [0.15, 0.2) is 18.2 Å². The SMILES string of the molecule is COC[C@@H]1CCC[C@]12CN(C(=O)c1cccc(C)n1)CCO2.O=C(O)C(F)(F)F. The number of nitrogens with zero attached hydrogens (tertiary/aromatic N) is 2. The lowest BCUT2D eigenvalue weighted by Crippen LogP contribution is -2.56. The van der Waals surface area contributed by atoms with E-state index in [1.54, 1.807) is 13.2 Å². The Morgan fingerprint density at radius 1 is 1.41 bits per heavy atom. The number of carboxylic acids is 1. The van der Waals surface area contributed by atoms with E-state index in [1.165, 1.54) is 0 Å². The molecule has 0 radical (unpaired) electrons. The van der Waals surface area contributed by atoms with Crippen LogP contribution in [0.4, 0.5) is 13.2 Å². The van der Waals surface area contributed by atoms with Gasteiger partial charge in [0, 0.05) is 25.3 Å². The molecule has 1 aromatic heterocycles. The lowest BCUT2D eigenvalue weighted by atomic mass is 9.89. The predicted molar refractivity (Wildman–Crippen MR) is 96.5 cm³/mol. The molecule has 0 bridgehead atoms. The van der Waals surface area contributed by atoms with Crippen LogP contribution in [-0.4, -0.2) is 72.1 Å². The van der Waals surface area contributed by atoms with Gasteiger partial charge in [-0.15, -0.1) is 0 Å². The van der Waals surface area contributed by atoms with Crippen molar-refractivity contribution in [3.05, 3.63) is 29.6 Å². The lowest BCUT2D eigenvalue weighted by molar-refractivity contribution is -0.192. The van der Waals surface area contributed by atoms with Gasteiger partial charge in [-0.2, -0.15) is 13.2 Å². The highest BCUT2D eigenvalue weighted by Crippen LogP contribution is 2.41. The van der Waals surface area contributed by atoms with Gasteiger partial charge >= 0.3 is 12.1 Å². The van der Waals surface area contributed by atoms with Gasteiger partial charge in [0.15, 0.2) is 0 Å². The number of aromatic nitrogens is 1. The summed E-state index contributed by atoms with van der Waals surface area (Å²) in [5.41, 5.74) is 1.17. The topological polar surface area (TPSA) is 89.0 Å². The first kappa shape index (κ1) is 23.1. The molecular formula is C19H25F3N2O5. The van der Waals surface area contributed by atoms with Crippen molar-refractivity contribution in [2.75, 3.05) is 33.4 Å². The van der Waals surface area contributed by atoms with Crippen molar-refractivity contribution in [1.82, 2.24) is 9.88 Å². The number of aryl methyl sites for hydroxylation is 1. The highest BCUT2D eigenvalue weighted by Gasteiger charge is 2.48. The minimum absolute atomic E-state index is 0.00874. The monoisotopic (exact) mass is 418 g/mol. The molecule has 1 amide bonds. The van der Waals surface area contributed by atoms with Gasteiger partial charge in [0.2, 0.25) is 0 Å². The molecule has 0 aromatic carbocycles. The van der Waals surface area contributed by atoms with E-state index in [1.807, 2.05) is 24.0 Å². The van der Waals surface area contributed by atoms with Crippen molar-refractivity contribution < 1.29 is 37.3 Å². The van der Waals surface area contributed by atoms with Crippen LogP contribution in [0.25, 0.3) is 0 Å². The van der Waals surface area contributed by atoms with Crippen LogP contribution in [0.2, 0.25) is 0 Å². The summed E-state index contributed by atoms with van der Waals surface area (Å²) in [5, 5.41) is 7.12. The van der Waals surface area contributed by atoms with Crippen LogP contribution in [0.1, 0.15) is 35.4 Å². The number of amides is 1. The Labute approximate surface area is 166 Å². The van der Waals surface area contributed by atoms with Gasteiger partial charge in [-0.3, -0.25) is 4.79 Å². The molecule has 1 N–H and O–H groups in total. The van der Waals surface area contributed by atoms with Gasteiger partial charge in [-0.1, -0.05) is 12.5 Å². The molecule has 1 saturated carbocycles. The van der Waals surface area contributed by atoms with E-state index in [4.69, 9.17) is 19.4 Å². The van der Waals surface area contributed by atoms with E-state index in [2.05, 4.69) is 4.98 Å². The van der Waals surface area contributed by atoms with Gasteiger partial charge in [0.05, 0.1) is 25.4 Å². The number of carbonyl (C=O) groups excluding carboxylic acids is 1. The molecule has 10 heteroatoms. The summed E-state index contributed by atoms with van der Waals surface area (Å²) in [5.74, 6) is -2.37. The third-order valence-electron chi connectivity index (χ3n) is 5.11. The Kier molecular flexibility index (Phi) is 7.59. The van der Waals surface area contributed by atoms with Crippen molar-refractivity contribution >= 4 is 11.9 Å². The lowest BCUT2D eigenvalue weighted by Gasteiger charge is -2.43. The van der Waals surface area contributed by atoms with Crippen LogP contribution < -0.4 is 0 Å². The van der Waals surface area contributed by atoms with E-state index in [0.717, 1.165) is 25.0 Å². The van der Waals surface area contributed by atoms with E-state index in [0.29, 0.717) is 37.9 Å². The van der Waals surface area contributed by atoms with E-state index in [-0.39, 0.29) is 11.5 Å². The van der Waals surface area contributed by atoms with E-state index in [9.17, 15) is 18.0 Å². The van der Waals surface area contributed by atoms with Gasteiger partial charge < -0.3 is 19.5 Å². The number of rotatable bonds is 3. The molecule has 7 nitrogen and oxygen atoms in total. The van der Waals surface area contributed by atoms with E-state index < -0.39 is 12.1 Å². The average molecular weight is 418 g/mol. The standard InChI is InChI=1S/C17H24N2O3.C2HF3O2/c1-13-5-3-7-15(18-13)16(20)19-9-10-22-17(12-19)8-4-6-14(17)11-21-2;3-2(4,5)1(6)7/h3,5,7,14H,4,6,8-12H2,1-2H3;(H,6,7)/t14-,17-;/m0./s1. The second-order valence-corrected chi connectivity index (χ2v) is 7.15. The number of carboxylic acid groups (broad SMARTS) is 1. The molecule has 2 fully saturated rings. The number of alkyl halides is 3. The largest absolute Gasteiger partial charge is 0.490 e. The first-order chi connectivity index (χ1) is 13.6. The van der Waals surface area contributed by atoms with Gasteiger partial charge in [0.1, 0.15) is 5.69 Å². The number of aliphatic carboxylic acids is 1. The Morgan fingerprint density at radius 3 is 2.69 bits per heavy atom. The Bertz CT molecular complexity index is 728. The van der Waals surface area contributed by atoms with Gasteiger partial charge in [-0.25, -0.2) is 9.78 Å². The Hall–Kier alpha value is -2.20. The van der Waals surface area contributed by atoms with Crippen LogP contribution >= 0.6 is 0 Å². The maximum atomic E-state index is 12.7. The molecule has 2 aliphatic rings. The fourth-order valence-electron chi connectivity index (χ4n) is 3.75. The number of hydrogen-bond donors (Lipinski definition) is 1. The molecule has 2 heterocycles. The predicted octanol–water partition coefficient (Wildman–Crippen LogP) is 2.68. The zero-order valence-corrected chi connectivity index (χ0v) is 16.4. The summed E-state index contributed by atoms with van der Waals surface area (Å²) in [7, 11) is 1.73. The number of carbonyl (C=O) groups is 2. The summed E-state index contributed by atoms with van der Waals surface area (Å²) < 4.78 is 43.2. The second kappa shape index (κ2) is 9.53. The fourth-order valence-corrected chi connectivity index (χ4v) is 3.75. The molecule has 1 aromatic rings. The number of morpholine rings is 1. The van der Waals surface area contributed by atoms with Crippen molar-refractivity contribution in [3.63, 3.8) is 0 Å². The molecular weight excluding hydrogens is 393 g/mol. The van der Waals surface area contributed by atoms with Crippen LogP contribution in [0.5, 0.6) is 0 Å². The molecule has 29 heavy (non-hydrogen) atoms. The number of hydrogen-bond acceptors (Lipinski definition) is 5. The van der Waals surface area contributed by atoms with Gasteiger partial charge in [0.25, 0.3) is 5.91 Å². The zero-order valence-electron chi connectivity index (χ0n) is 16.4. The molecule has 2 atom stereocenters.